The van der Waals surface area contributed by atoms with Crippen molar-refractivity contribution in [2.45, 2.75) is 43.9 Å². The fourth-order valence-corrected chi connectivity index (χ4v) is 6.71. The fourth-order valence-electron chi connectivity index (χ4n) is 5.62. The van der Waals surface area contributed by atoms with Gasteiger partial charge in [0, 0.05) is 9.13 Å². The third-order valence-corrected chi connectivity index (χ3v) is 6.64. The molecule has 0 aliphatic heterocycles. The van der Waals surface area contributed by atoms with Gasteiger partial charge in [0.15, 0.2) is 0 Å². The van der Waals surface area contributed by atoms with Gasteiger partial charge in [-0.15, -0.1) is 0 Å². The van der Waals surface area contributed by atoms with Gasteiger partial charge in [0.1, 0.15) is 6.29 Å². The summed E-state index contributed by atoms with van der Waals surface area (Å²) in [7, 11) is 0. The lowest BCUT2D eigenvalue weighted by atomic mass is 9.47. The highest BCUT2D eigenvalue weighted by molar-refractivity contribution is 14.1. The lowest BCUT2D eigenvalue weighted by Crippen LogP contribution is -2.49. The van der Waals surface area contributed by atoms with E-state index in [1.165, 1.54) is 47.7 Å². The van der Waals surface area contributed by atoms with E-state index in [9.17, 15) is 4.79 Å². The van der Waals surface area contributed by atoms with Gasteiger partial charge in [0.05, 0.1) is 0 Å². The highest BCUT2D eigenvalue weighted by atomic mass is 127. The van der Waals surface area contributed by atoms with E-state index < -0.39 is 0 Å². The van der Waals surface area contributed by atoms with Gasteiger partial charge in [0.2, 0.25) is 0 Å². The number of benzene rings is 1. The van der Waals surface area contributed by atoms with Gasteiger partial charge in [-0.1, -0.05) is 12.1 Å². The maximum absolute atomic E-state index is 11.5. The summed E-state index contributed by atoms with van der Waals surface area (Å²) in [6.07, 6.45) is 9.45. The maximum atomic E-state index is 11.5. The Hall–Kier alpha value is -0.380. The zero-order valence-corrected chi connectivity index (χ0v) is 13.2. The van der Waals surface area contributed by atoms with Crippen molar-refractivity contribution >= 4 is 28.9 Å². The van der Waals surface area contributed by atoms with Gasteiger partial charge in [0.25, 0.3) is 0 Å². The zero-order chi connectivity index (χ0) is 13.0. The van der Waals surface area contributed by atoms with E-state index in [-0.39, 0.29) is 0 Å². The van der Waals surface area contributed by atoms with Crippen molar-refractivity contribution in [3.8, 4) is 0 Å². The molecule has 1 aromatic rings. The van der Waals surface area contributed by atoms with Crippen molar-refractivity contribution in [2.24, 2.45) is 17.8 Å². The quantitative estimate of drug-likeness (QED) is 0.554. The fraction of sp³-hybridized carbons (Fsp3) is 0.588. The first kappa shape index (κ1) is 12.4. The van der Waals surface area contributed by atoms with E-state index >= 15 is 0 Å². The molecule has 0 spiro atoms. The minimum absolute atomic E-state index is 0.336. The molecule has 4 saturated carbocycles. The van der Waals surface area contributed by atoms with Crippen LogP contribution in [0.15, 0.2) is 18.2 Å². The van der Waals surface area contributed by atoms with E-state index in [2.05, 4.69) is 28.7 Å². The van der Waals surface area contributed by atoms with Crippen LogP contribution in [0.1, 0.15) is 54.4 Å². The molecular weight excluding hydrogens is 347 g/mol. The molecule has 4 bridgehead atoms. The first-order valence-corrected chi connectivity index (χ1v) is 8.52. The molecule has 4 aliphatic carbocycles. The van der Waals surface area contributed by atoms with Crippen molar-refractivity contribution in [3.63, 3.8) is 0 Å². The van der Waals surface area contributed by atoms with Crippen LogP contribution in [0.3, 0.4) is 0 Å². The predicted octanol–water partition coefficient (Wildman–Crippen LogP) is 4.57. The summed E-state index contributed by atoms with van der Waals surface area (Å²) in [5.74, 6) is 2.80. The van der Waals surface area contributed by atoms with E-state index in [1.807, 2.05) is 12.1 Å². The monoisotopic (exact) mass is 366 g/mol. The van der Waals surface area contributed by atoms with Crippen molar-refractivity contribution in [1.82, 2.24) is 0 Å². The summed E-state index contributed by atoms with van der Waals surface area (Å²) < 4.78 is 1.31. The van der Waals surface area contributed by atoms with Gasteiger partial charge in [-0.05, 0) is 95.9 Å². The Labute approximate surface area is 128 Å². The number of rotatable bonds is 2. The van der Waals surface area contributed by atoms with Gasteiger partial charge < -0.3 is 0 Å². The van der Waals surface area contributed by atoms with Crippen molar-refractivity contribution in [3.05, 3.63) is 32.9 Å². The molecule has 0 radical (unpaired) electrons. The molecule has 0 atom stereocenters. The van der Waals surface area contributed by atoms with E-state index in [0.29, 0.717) is 5.41 Å². The lowest BCUT2D eigenvalue weighted by molar-refractivity contribution is -0.00581. The smallest absolute Gasteiger partial charge is 0.150 e. The Morgan fingerprint density at radius 3 is 2.16 bits per heavy atom. The minimum atomic E-state index is 0.336. The van der Waals surface area contributed by atoms with Crippen molar-refractivity contribution in [2.75, 3.05) is 0 Å². The second-order valence-corrected chi connectivity index (χ2v) is 8.18. The molecule has 0 saturated heterocycles. The summed E-state index contributed by atoms with van der Waals surface area (Å²) in [5.41, 5.74) is 2.68. The molecule has 4 aliphatic rings. The molecule has 19 heavy (non-hydrogen) atoms. The Balaban J connectivity index is 1.86. The normalized spacial score (nSPS) is 39.5. The van der Waals surface area contributed by atoms with Crippen LogP contribution in [0.4, 0.5) is 0 Å². The molecular formula is C17H19IO. The van der Waals surface area contributed by atoms with E-state index in [1.54, 1.807) is 0 Å². The van der Waals surface area contributed by atoms with Crippen LogP contribution in [0.25, 0.3) is 0 Å². The molecule has 100 valence electrons. The number of carbonyl (C=O) groups excluding carboxylic acids is 1. The lowest BCUT2D eigenvalue weighted by Gasteiger charge is -2.57. The van der Waals surface area contributed by atoms with Gasteiger partial charge >= 0.3 is 0 Å². The molecule has 1 aromatic carbocycles. The van der Waals surface area contributed by atoms with Crippen LogP contribution in [0, 0.1) is 21.3 Å². The Kier molecular flexibility index (Phi) is 2.80. The summed E-state index contributed by atoms with van der Waals surface area (Å²) in [6.45, 7) is 0. The molecule has 5 rings (SSSR count). The highest BCUT2D eigenvalue weighted by Crippen LogP contribution is 2.61. The third-order valence-electron chi connectivity index (χ3n) is 5.74. The number of carbonyl (C=O) groups is 1. The first-order chi connectivity index (χ1) is 9.20. The predicted molar refractivity (Wildman–Crippen MR) is 84.4 cm³/mol. The van der Waals surface area contributed by atoms with Gasteiger partial charge in [-0.2, -0.15) is 0 Å². The van der Waals surface area contributed by atoms with Crippen LogP contribution in [0.2, 0.25) is 0 Å². The molecule has 0 heterocycles. The summed E-state index contributed by atoms with van der Waals surface area (Å²) in [6, 6.07) is 6.22. The number of hydrogen-bond donors (Lipinski definition) is 0. The molecule has 0 unspecified atom stereocenters. The SMILES string of the molecule is O=Cc1cccc(I)c1C12CC3CC(CC(C3)C1)C2. The van der Waals surface area contributed by atoms with Crippen LogP contribution >= 0.6 is 22.6 Å². The molecule has 0 N–H and O–H groups in total. The Morgan fingerprint density at radius 1 is 1.05 bits per heavy atom. The van der Waals surface area contributed by atoms with Crippen LogP contribution < -0.4 is 0 Å². The molecule has 0 amide bonds. The average Bonchev–Trinajstić information content (AvgIpc) is 2.36. The zero-order valence-electron chi connectivity index (χ0n) is 11.1. The summed E-state index contributed by atoms with van der Waals surface area (Å²) >= 11 is 2.44. The second-order valence-electron chi connectivity index (χ2n) is 7.02. The van der Waals surface area contributed by atoms with Gasteiger partial charge in [-0.25, -0.2) is 0 Å². The average molecular weight is 366 g/mol. The van der Waals surface area contributed by atoms with Crippen LogP contribution in [0.5, 0.6) is 0 Å². The van der Waals surface area contributed by atoms with Gasteiger partial charge in [-0.3, -0.25) is 4.79 Å². The second kappa shape index (κ2) is 4.31. The Morgan fingerprint density at radius 2 is 1.63 bits per heavy atom. The highest BCUT2D eigenvalue weighted by Gasteiger charge is 2.52. The first-order valence-electron chi connectivity index (χ1n) is 7.44. The molecule has 1 nitrogen and oxygen atoms in total. The minimum Gasteiger partial charge on any atom is -0.298 e. The standard InChI is InChI=1S/C17H19IO/c18-15-3-1-2-14(10-19)16(15)17-7-11-4-12(8-17)6-13(5-11)9-17/h1-3,10-13H,4-9H2. The van der Waals surface area contributed by atoms with E-state index in [4.69, 9.17) is 0 Å². The summed E-state index contributed by atoms with van der Waals surface area (Å²) in [4.78, 5) is 11.5. The maximum Gasteiger partial charge on any atom is 0.150 e. The third kappa shape index (κ3) is 1.82. The summed E-state index contributed by atoms with van der Waals surface area (Å²) in [5, 5.41) is 0. The largest absolute Gasteiger partial charge is 0.298 e. The number of hydrogen-bond acceptors (Lipinski definition) is 1. The molecule has 4 fully saturated rings. The van der Waals surface area contributed by atoms with E-state index in [0.717, 1.165) is 29.6 Å². The topological polar surface area (TPSA) is 17.1 Å². The molecule has 0 aromatic heterocycles. The number of aldehydes is 1. The van der Waals surface area contributed by atoms with Crippen LogP contribution in [-0.2, 0) is 5.41 Å². The van der Waals surface area contributed by atoms with Crippen molar-refractivity contribution < 1.29 is 4.79 Å². The van der Waals surface area contributed by atoms with Crippen LogP contribution in [-0.4, -0.2) is 6.29 Å². The number of halogens is 1. The Bertz CT molecular complexity index is 499. The van der Waals surface area contributed by atoms with Crippen molar-refractivity contribution in [1.29, 1.82) is 0 Å². The molecule has 2 heteroatoms.